The van der Waals surface area contributed by atoms with E-state index in [0.717, 1.165) is 29.0 Å². The molecule has 0 unspecified atom stereocenters. The average Bonchev–Trinajstić information content (AvgIpc) is 2.47. The predicted octanol–water partition coefficient (Wildman–Crippen LogP) is 4.09. The highest BCUT2D eigenvalue weighted by Crippen LogP contribution is 2.25. The maximum absolute atomic E-state index is 13.8. The van der Waals surface area contributed by atoms with Gasteiger partial charge in [-0.1, -0.05) is 18.2 Å². The van der Waals surface area contributed by atoms with E-state index in [1.807, 2.05) is 27.0 Å². The smallest absolute Gasteiger partial charge is 0.165 e. The van der Waals surface area contributed by atoms with E-state index in [2.05, 4.69) is 17.0 Å². The molecule has 0 atom stereocenters. The third-order valence-electron chi connectivity index (χ3n) is 3.85. The van der Waals surface area contributed by atoms with E-state index in [1.54, 1.807) is 13.2 Å². The van der Waals surface area contributed by atoms with Gasteiger partial charge in [-0.25, -0.2) is 4.39 Å². The van der Waals surface area contributed by atoms with E-state index >= 15 is 0 Å². The maximum Gasteiger partial charge on any atom is 0.165 e. The molecule has 2 aromatic carbocycles. The van der Waals surface area contributed by atoms with Gasteiger partial charge < -0.3 is 9.47 Å². The summed E-state index contributed by atoms with van der Waals surface area (Å²) in [6.45, 7) is 5.56. The molecule has 0 saturated heterocycles. The van der Waals surface area contributed by atoms with Crippen LogP contribution in [0.1, 0.15) is 22.3 Å². The third-order valence-corrected chi connectivity index (χ3v) is 3.85. The summed E-state index contributed by atoms with van der Waals surface area (Å²) in [7, 11) is 5.19. The van der Waals surface area contributed by atoms with Crippen LogP contribution >= 0.6 is 0 Å². The van der Waals surface area contributed by atoms with E-state index < -0.39 is 0 Å². The first-order chi connectivity index (χ1) is 10.9. The zero-order valence-corrected chi connectivity index (χ0v) is 14.4. The van der Waals surface area contributed by atoms with Crippen molar-refractivity contribution in [3.63, 3.8) is 0 Å². The molecule has 0 bridgehead atoms. The average molecular weight is 317 g/mol. The molecule has 2 aromatic rings. The Morgan fingerprint density at radius 2 is 1.52 bits per heavy atom. The van der Waals surface area contributed by atoms with Crippen LogP contribution in [0.4, 0.5) is 4.39 Å². The normalized spacial score (nSPS) is 10.9. The zero-order chi connectivity index (χ0) is 17.0. The molecule has 124 valence electrons. The van der Waals surface area contributed by atoms with Crippen LogP contribution < -0.4 is 9.47 Å². The number of rotatable bonds is 6. The highest BCUT2D eigenvalue weighted by Gasteiger charge is 2.09. The number of hydrogen-bond donors (Lipinski definition) is 0. The Kier molecular flexibility index (Phi) is 5.61. The Balaban J connectivity index is 2.07. The monoisotopic (exact) mass is 317 g/mol. The highest BCUT2D eigenvalue weighted by atomic mass is 19.1. The van der Waals surface area contributed by atoms with Gasteiger partial charge in [0.25, 0.3) is 0 Å². The summed E-state index contributed by atoms with van der Waals surface area (Å²) in [5.41, 5.74) is 4.41. The van der Waals surface area contributed by atoms with Crippen molar-refractivity contribution in [1.29, 1.82) is 0 Å². The quantitative estimate of drug-likeness (QED) is 0.801. The lowest BCUT2D eigenvalue weighted by molar-refractivity contribution is 0.317. The summed E-state index contributed by atoms with van der Waals surface area (Å²) in [6, 6.07) is 9.36. The van der Waals surface area contributed by atoms with Gasteiger partial charge in [-0.05, 0) is 55.3 Å². The molecule has 0 N–H and O–H groups in total. The zero-order valence-electron chi connectivity index (χ0n) is 14.4. The number of halogens is 1. The predicted molar refractivity (Wildman–Crippen MR) is 90.6 cm³/mol. The van der Waals surface area contributed by atoms with Gasteiger partial charge in [0.2, 0.25) is 0 Å². The molecule has 0 aliphatic rings. The topological polar surface area (TPSA) is 21.7 Å². The molecule has 0 amide bonds. The van der Waals surface area contributed by atoms with Crippen LogP contribution in [0.25, 0.3) is 0 Å². The minimum absolute atomic E-state index is 0.276. The van der Waals surface area contributed by atoms with Gasteiger partial charge in [0.05, 0.1) is 14.2 Å². The van der Waals surface area contributed by atoms with E-state index in [4.69, 9.17) is 9.47 Å². The SMILES string of the molecule is COc1ccc(CN(C)Cc2cc(C)c(OC)c(C)c2)cc1F. The lowest BCUT2D eigenvalue weighted by Gasteiger charge is -2.19. The summed E-state index contributed by atoms with van der Waals surface area (Å²) in [5, 5.41) is 0. The first kappa shape index (κ1) is 17.3. The minimum Gasteiger partial charge on any atom is -0.496 e. The Bertz CT molecular complexity index is 662. The van der Waals surface area contributed by atoms with E-state index in [9.17, 15) is 4.39 Å². The molecular weight excluding hydrogens is 293 g/mol. The molecule has 4 heteroatoms. The molecule has 0 fully saturated rings. The summed E-state index contributed by atoms with van der Waals surface area (Å²) in [6.07, 6.45) is 0. The van der Waals surface area contributed by atoms with Gasteiger partial charge in [-0.2, -0.15) is 0 Å². The first-order valence-corrected chi connectivity index (χ1v) is 7.59. The van der Waals surface area contributed by atoms with Crippen molar-refractivity contribution < 1.29 is 13.9 Å². The largest absolute Gasteiger partial charge is 0.496 e. The second kappa shape index (κ2) is 7.47. The fraction of sp³-hybridized carbons (Fsp3) is 0.368. The molecule has 0 heterocycles. The van der Waals surface area contributed by atoms with E-state index in [1.165, 1.54) is 18.7 Å². The fourth-order valence-corrected chi connectivity index (χ4v) is 2.94. The van der Waals surface area contributed by atoms with Crippen molar-refractivity contribution in [1.82, 2.24) is 4.90 Å². The molecule has 0 radical (unpaired) electrons. The third kappa shape index (κ3) is 4.23. The highest BCUT2D eigenvalue weighted by molar-refractivity contribution is 5.43. The van der Waals surface area contributed by atoms with Gasteiger partial charge in [0.1, 0.15) is 5.75 Å². The van der Waals surface area contributed by atoms with Crippen LogP contribution in [-0.2, 0) is 13.1 Å². The van der Waals surface area contributed by atoms with Crippen molar-refractivity contribution in [2.24, 2.45) is 0 Å². The van der Waals surface area contributed by atoms with Crippen LogP contribution in [0.2, 0.25) is 0 Å². The summed E-state index contributed by atoms with van der Waals surface area (Å²) in [4.78, 5) is 2.15. The van der Waals surface area contributed by atoms with Crippen LogP contribution in [0, 0.1) is 19.7 Å². The molecule has 0 spiro atoms. The first-order valence-electron chi connectivity index (χ1n) is 7.59. The Hall–Kier alpha value is -2.07. The number of hydrogen-bond acceptors (Lipinski definition) is 3. The molecule has 2 rings (SSSR count). The van der Waals surface area contributed by atoms with Crippen LogP contribution in [-0.4, -0.2) is 26.2 Å². The second-order valence-electron chi connectivity index (χ2n) is 5.90. The van der Waals surface area contributed by atoms with Gasteiger partial charge in [-0.3, -0.25) is 4.90 Å². The second-order valence-corrected chi connectivity index (χ2v) is 5.90. The van der Waals surface area contributed by atoms with Crippen LogP contribution in [0.5, 0.6) is 11.5 Å². The maximum atomic E-state index is 13.8. The van der Waals surface area contributed by atoms with Crippen molar-refractivity contribution in [3.05, 3.63) is 58.4 Å². The van der Waals surface area contributed by atoms with Gasteiger partial charge in [0, 0.05) is 13.1 Å². The minimum atomic E-state index is -0.325. The number of nitrogens with zero attached hydrogens (tertiary/aromatic N) is 1. The van der Waals surface area contributed by atoms with Crippen molar-refractivity contribution in [2.75, 3.05) is 21.3 Å². The number of ether oxygens (including phenoxy) is 2. The van der Waals surface area contributed by atoms with Crippen LogP contribution in [0.15, 0.2) is 30.3 Å². The molecule has 0 aliphatic carbocycles. The Labute approximate surface area is 137 Å². The van der Waals surface area contributed by atoms with E-state index in [0.29, 0.717) is 6.54 Å². The standard InChI is InChI=1S/C19H24FNO2/c1-13-8-16(9-14(2)19(13)23-5)12-21(3)11-15-6-7-18(22-4)17(20)10-15/h6-10H,11-12H2,1-5H3. The Morgan fingerprint density at radius 1 is 0.913 bits per heavy atom. The number of aryl methyl sites for hydroxylation is 2. The molecule has 23 heavy (non-hydrogen) atoms. The van der Waals surface area contributed by atoms with Gasteiger partial charge in [0.15, 0.2) is 11.6 Å². The van der Waals surface area contributed by atoms with Crippen molar-refractivity contribution in [2.45, 2.75) is 26.9 Å². The van der Waals surface area contributed by atoms with Crippen molar-refractivity contribution in [3.8, 4) is 11.5 Å². The molecule has 0 saturated carbocycles. The fourth-order valence-electron chi connectivity index (χ4n) is 2.94. The van der Waals surface area contributed by atoms with Crippen LogP contribution in [0.3, 0.4) is 0 Å². The lowest BCUT2D eigenvalue weighted by Crippen LogP contribution is -2.17. The van der Waals surface area contributed by atoms with Gasteiger partial charge >= 0.3 is 0 Å². The molecular formula is C19H24FNO2. The molecule has 0 aliphatic heterocycles. The summed E-state index contributed by atoms with van der Waals surface area (Å²) >= 11 is 0. The lowest BCUT2D eigenvalue weighted by atomic mass is 10.1. The van der Waals surface area contributed by atoms with Crippen molar-refractivity contribution >= 4 is 0 Å². The molecule has 0 aromatic heterocycles. The number of benzene rings is 2. The number of methoxy groups -OCH3 is 2. The summed E-state index contributed by atoms with van der Waals surface area (Å²) < 4.78 is 24.1. The Morgan fingerprint density at radius 3 is 2.04 bits per heavy atom. The van der Waals surface area contributed by atoms with Gasteiger partial charge in [-0.15, -0.1) is 0 Å². The summed E-state index contributed by atoms with van der Waals surface area (Å²) in [5.74, 6) is 0.890. The molecule has 3 nitrogen and oxygen atoms in total. The van der Waals surface area contributed by atoms with E-state index in [-0.39, 0.29) is 11.6 Å².